The summed E-state index contributed by atoms with van der Waals surface area (Å²) in [4.78, 5) is 2.27. The maximum atomic E-state index is 2.55. The van der Waals surface area contributed by atoms with Gasteiger partial charge in [-0.1, -0.05) is 19.3 Å². The smallest absolute Gasteiger partial charge is 0.0333 e. The van der Waals surface area contributed by atoms with Crippen molar-refractivity contribution >= 4 is 0 Å². The molecule has 0 bridgehead atoms. The summed E-state index contributed by atoms with van der Waals surface area (Å²) in [6.45, 7) is 1.19. The number of rotatable bonds is 5. The lowest BCUT2D eigenvalue weighted by Crippen LogP contribution is -2.17. The van der Waals surface area contributed by atoms with E-state index in [4.69, 9.17) is 0 Å². The molecule has 2 nitrogen and oxygen atoms in total. The van der Waals surface area contributed by atoms with Gasteiger partial charge in [-0.05, 0) is 58.5 Å². The first-order valence-corrected chi connectivity index (χ1v) is 7.08. The first kappa shape index (κ1) is 12.7. The van der Waals surface area contributed by atoms with E-state index in [1.807, 2.05) is 0 Å². The molecule has 1 saturated carbocycles. The molecule has 1 aliphatic carbocycles. The van der Waals surface area contributed by atoms with E-state index in [0.717, 1.165) is 6.04 Å². The van der Waals surface area contributed by atoms with Crippen LogP contribution >= 0.6 is 0 Å². The van der Waals surface area contributed by atoms with Crippen LogP contribution in [0.25, 0.3) is 0 Å². The van der Waals surface area contributed by atoms with E-state index in [9.17, 15) is 0 Å². The summed E-state index contributed by atoms with van der Waals surface area (Å²) < 4.78 is 2.55. The summed E-state index contributed by atoms with van der Waals surface area (Å²) in [7, 11) is 4.31. The van der Waals surface area contributed by atoms with Gasteiger partial charge in [0.2, 0.25) is 0 Å². The molecule has 1 aromatic rings. The van der Waals surface area contributed by atoms with Gasteiger partial charge >= 0.3 is 0 Å². The van der Waals surface area contributed by atoms with E-state index in [1.165, 1.54) is 51.5 Å². The van der Waals surface area contributed by atoms with Crippen molar-refractivity contribution in [1.29, 1.82) is 0 Å². The molecular formula is C15H26N2. The highest BCUT2D eigenvalue weighted by molar-refractivity contribution is 5.09. The number of hydrogen-bond acceptors (Lipinski definition) is 1. The number of aromatic nitrogens is 1. The van der Waals surface area contributed by atoms with E-state index in [0.29, 0.717) is 0 Å². The Morgan fingerprint density at radius 3 is 2.71 bits per heavy atom. The van der Waals surface area contributed by atoms with E-state index in [1.54, 1.807) is 5.69 Å². The van der Waals surface area contributed by atoms with Gasteiger partial charge in [0.15, 0.2) is 0 Å². The molecule has 1 aromatic heterocycles. The summed E-state index contributed by atoms with van der Waals surface area (Å²) in [5.41, 5.74) is 1.54. The topological polar surface area (TPSA) is 8.17 Å². The fourth-order valence-corrected chi connectivity index (χ4v) is 2.93. The van der Waals surface area contributed by atoms with E-state index >= 15 is 0 Å². The Morgan fingerprint density at radius 2 is 2.00 bits per heavy atom. The quantitative estimate of drug-likeness (QED) is 0.757. The van der Waals surface area contributed by atoms with Crippen LogP contribution in [-0.4, -0.2) is 30.1 Å². The second-order valence-electron chi connectivity index (χ2n) is 5.61. The molecule has 96 valence electrons. The van der Waals surface area contributed by atoms with Crippen molar-refractivity contribution < 1.29 is 0 Å². The minimum absolute atomic E-state index is 0.785. The fraction of sp³-hybridized carbons (Fsp3) is 0.733. The summed E-state index contributed by atoms with van der Waals surface area (Å²) in [6, 6.07) is 5.32. The van der Waals surface area contributed by atoms with E-state index in [2.05, 4.69) is 41.9 Å². The van der Waals surface area contributed by atoms with Gasteiger partial charge < -0.3 is 9.47 Å². The molecular weight excluding hydrogens is 208 g/mol. The third-order valence-corrected chi connectivity index (χ3v) is 3.87. The lowest BCUT2D eigenvalue weighted by molar-refractivity contribution is 0.343. The standard InChI is InChI=1S/C15H26N2/c1-16(2)12-6-10-15-11-7-13-17(15)14-8-4-3-5-9-14/h7,11,13-14H,3-6,8-10,12H2,1-2H3. The average Bonchev–Trinajstić information content (AvgIpc) is 2.78. The second kappa shape index (κ2) is 6.25. The molecule has 2 heteroatoms. The number of nitrogens with zero attached hydrogens (tertiary/aromatic N) is 2. The predicted molar refractivity (Wildman–Crippen MR) is 73.4 cm³/mol. The molecule has 0 N–H and O–H groups in total. The third-order valence-electron chi connectivity index (χ3n) is 3.87. The largest absolute Gasteiger partial charge is 0.348 e. The maximum absolute atomic E-state index is 2.55. The third kappa shape index (κ3) is 3.60. The summed E-state index contributed by atoms with van der Waals surface area (Å²) in [6.07, 6.45) is 11.8. The molecule has 0 amide bonds. The van der Waals surface area contributed by atoms with Crippen LogP contribution in [0, 0.1) is 0 Å². The zero-order valence-electron chi connectivity index (χ0n) is 11.4. The zero-order chi connectivity index (χ0) is 12.1. The minimum atomic E-state index is 0.785. The molecule has 1 fully saturated rings. The molecule has 0 unspecified atom stereocenters. The normalized spacial score (nSPS) is 17.8. The summed E-state index contributed by atoms with van der Waals surface area (Å²) in [5, 5.41) is 0. The van der Waals surface area contributed by atoms with Crippen LogP contribution in [0.3, 0.4) is 0 Å². The van der Waals surface area contributed by atoms with Crippen molar-refractivity contribution in [2.45, 2.75) is 51.0 Å². The predicted octanol–water partition coefficient (Wildman–Crippen LogP) is 3.49. The van der Waals surface area contributed by atoms with E-state index in [-0.39, 0.29) is 0 Å². The van der Waals surface area contributed by atoms with Crippen molar-refractivity contribution in [2.75, 3.05) is 20.6 Å². The van der Waals surface area contributed by atoms with Crippen molar-refractivity contribution in [3.63, 3.8) is 0 Å². The first-order valence-electron chi connectivity index (χ1n) is 7.08. The van der Waals surface area contributed by atoms with Gasteiger partial charge in [0.1, 0.15) is 0 Å². The van der Waals surface area contributed by atoms with Crippen molar-refractivity contribution in [3.05, 3.63) is 24.0 Å². The highest BCUT2D eigenvalue weighted by Gasteiger charge is 2.16. The van der Waals surface area contributed by atoms with Gasteiger partial charge in [0.25, 0.3) is 0 Å². The van der Waals surface area contributed by atoms with Crippen molar-refractivity contribution in [1.82, 2.24) is 9.47 Å². The fourth-order valence-electron chi connectivity index (χ4n) is 2.93. The molecule has 0 atom stereocenters. The van der Waals surface area contributed by atoms with Gasteiger partial charge in [-0.15, -0.1) is 0 Å². The molecule has 0 radical (unpaired) electrons. The maximum Gasteiger partial charge on any atom is 0.0333 e. The Hall–Kier alpha value is -0.760. The van der Waals surface area contributed by atoms with Crippen LogP contribution in [0.5, 0.6) is 0 Å². The Balaban J connectivity index is 1.91. The van der Waals surface area contributed by atoms with E-state index < -0.39 is 0 Å². The Labute approximate surface area is 106 Å². The van der Waals surface area contributed by atoms with Gasteiger partial charge in [-0.3, -0.25) is 0 Å². The van der Waals surface area contributed by atoms with Crippen molar-refractivity contribution in [2.24, 2.45) is 0 Å². The summed E-state index contributed by atoms with van der Waals surface area (Å²) >= 11 is 0. The lowest BCUT2D eigenvalue weighted by atomic mass is 9.95. The molecule has 1 heterocycles. The summed E-state index contributed by atoms with van der Waals surface area (Å²) in [5.74, 6) is 0. The molecule has 1 aliphatic rings. The molecule has 2 rings (SSSR count). The van der Waals surface area contributed by atoms with Crippen LogP contribution < -0.4 is 0 Å². The van der Waals surface area contributed by atoms with Gasteiger partial charge in [-0.2, -0.15) is 0 Å². The minimum Gasteiger partial charge on any atom is -0.348 e. The average molecular weight is 234 g/mol. The monoisotopic (exact) mass is 234 g/mol. The van der Waals surface area contributed by atoms with Gasteiger partial charge in [0.05, 0.1) is 0 Å². The SMILES string of the molecule is CN(C)CCCc1cccn1C1CCCCC1. The van der Waals surface area contributed by atoms with Gasteiger partial charge in [0, 0.05) is 17.9 Å². The highest BCUT2D eigenvalue weighted by Crippen LogP contribution is 2.29. The molecule has 0 saturated heterocycles. The molecule has 0 aromatic carbocycles. The number of hydrogen-bond donors (Lipinski definition) is 0. The zero-order valence-corrected chi connectivity index (χ0v) is 11.4. The molecule has 17 heavy (non-hydrogen) atoms. The Bertz CT molecular complexity index is 321. The van der Waals surface area contributed by atoms with Gasteiger partial charge in [-0.25, -0.2) is 0 Å². The highest BCUT2D eigenvalue weighted by atomic mass is 15.0. The van der Waals surface area contributed by atoms with Crippen LogP contribution in [0.1, 0.15) is 50.3 Å². The van der Waals surface area contributed by atoms with Crippen LogP contribution in [-0.2, 0) is 6.42 Å². The van der Waals surface area contributed by atoms with Crippen LogP contribution in [0.15, 0.2) is 18.3 Å². The number of aryl methyl sites for hydroxylation is 1. The van der Waals surface area contributed by atoms with Crippen LogP contribution in [0.2, 0.25) is 0 Å². The Morgan fingerprint density at radius 1 is 1.24 bits per heavy atom. The first-order chi connectivity index (χ1) is 8.27. The second-order valence-corrected chi connectivity index (χ2v) is 5.61. The lowest BCUT2D eigenvalue weighted by Gasteiger charge is -2.25. The molecule has 0 aliphatic heterocycles. The van der Waals surface area contributed by atoms with Crippen molar-refractivity contribution in [3.8, 4) is 0 Å². The Kier molecular flexibility index (Phi) is 4.66. The van der Waals surface area contributed by atoms with Crippen LogP contribution in [0.4, 0.5) is 0 Å². The molecule has 0 spiro atoms.